The van der Waals surface area contributed by atoms with E-state index in [1.54, 1.807) is 11.3 Å². The number of thiophene rings is 1. The van der Waals surface area contributed by atoms with Gasteiger partial charge in [-0.25, -0.2) is 0 Å². The van der Waals surface area contributed by atoms with E-state index in [0.29, 0.717) is 0 Å². The Morgan fingerprint density at radius 2 is 2.54 bits per heavy atom. The summed E-state index contributed by atoms with van der Waals surface area (Å²) in [5, 5.41) is 14.4. The van der Waals surface area contributed by atoms with E-state index >= 15 is 0 Å². The van der Waals surface area contributed by atoms with Crippen molar-refractivity contribution in [3.63, 3.8) is 0 Å². The summed E-state index contributed by atoms with van der Waals surface area (Å²) >= 11 is 1.70. The van der Waals surface area contributed by atoms with Crippen molar-refractivity contribution < 1.29 is 5.11 Å². The summed E-state index contributed by atoms with van der Waals surface area (Å²) in [4.78, 5) is 2.19. The van der Waals surface area contributed by atoms with Gasteiger partial charge in [-0.15, -0.1) is 0 Å². The molecule has 0 aliphatic carbocycles. The van der Waals surface area contributed by atoms with Crippen molar-refractivity contribution in [1.82, 2.24) is 4.90 Å². The van der Waals surface area contributed by atoms with Crippen LogP contribution >= 0.6 is 11.3 Å². The molecule has 1 aromatic rings. The number of likely N-dealkylation sites (tertiary alicyclic amines) is 1. The molecule has 0 spiro atoms. The largest absolute Gasteiger partial charge is 0.388 e. The van der Waals surface area contributed by atoms with Gasteiger partial charge >= 0.3 is 0 Å². The lowest BCUT2D eigenvalue weighted by Crippen LogP contribution is -2.34. The van der Waals surface area contributed by atoms with E-state index < -0.39 is 5.60 Å². The summed E-state index contributed by atoms with van der Waals surface area (Å²) in [6.07, 6.45) is 1.71. The van der Waals surface area contributed by atoms with Gasteiger partial charge in [-0.05, 0) is 35.9 Å². The average Bonchev–Trinajstić information content (AvgIpc) is 2.62. The fourth-order valence-corrected chi connectivity index (χ4v) is 2.65. The highest BCUT2D eigenvalue weighted by Crippen LogP contribution is 2.25. The number of rotatable bonds is 2. The van der Waals surface area contributed by atoms with Gasteiger partial charge in [0.05, 0.1) is 5.60 Å². The smallest absolute Gasteiger partial charge is 0.0826 e. The number of nitrogens with zero attached hydrogens (tertiary/aromatic N) is 1. The third-order valence-electron chi connectivity index (χ3n) is 2.64. The molecule has 1 fully saturated rings. The molecule has 2 heterocycles. The zero-order chi connectivity index (χ0) is 9.31. The molecule has 0 bridgehead atoms. The van der Waals surface area contributed by atoms with Gasteiger partial charge in [-0.1, -0.05) is 0 Å². The molecular formula is C10H15NOS. The predicted octanol–water partition coefficient (Wildman–Crippen LogP) is 1.36. The summed E-state index contributed by atoms with van der Waals surface area (Å²) in [5.74, 6) is 0. The van der Waals surface area contributed by atoms with Crippen molar-refractivity contribution in [2.24, 2.45) is 0 Å². The Morgan fingerprint density at radius 3 is 3.08 bits per heavy atom. The van der Waals surface area contributed by atoms with Crippen molar-refractivity contribution in [1.29, 1.82) is 0 Å². The van der Waals surface area contributed by atoms with Crippen molar-refractivity contribution in [3.8, 4) is 0 Å². The second-order valence-electron chi connectivity index (χ2n) is 4.02. The summed E-state index contributed by atoms with van der Waals surface area (Å²) in [6, 6.07) is 2.10. The minimum absolute atomic E-state index is 0.476. The van der Waals surface area contributed by atoms with Crippen LogP contribution in [0.15, 0.2) is 16.8 Å². The van der Waals surface area contributed by atoms with Crippen molar-refractivity contribution in [3.05, 3.63) is 22.4 Å². The van der Waals surface area contributed by atoms with Gasteiger partial charge in [0.25, 0.3) is 0 Å². The Hall–Kier alpha value is -0.380. The fourth-order valence-electron chi connectivity index (χ4n) is 1.98. The van der Waals surface area contributed by atoms with E-state index in [-0.39, 0.29) is 0 Å². The zero-order valence-electron chi connectivity index (χ0n) is 7.86. The molecule has 1 saturated heterocycles. The highest BCUT2D eigenvalue weighted by molar-refractivity contribution is 7.07. The molecule has 13 heavy (non-hydrogen) atoms. The standard InChI is InChI=1S/C10H15NOS/c1-11-4-3-10(12,8-11)6-9-2-5-13-7-9/h2,5,7,12H,3-4,6,8H2,1H3. The van der Waals surface area contributed by atoms with Gasteiger partial charge in [-0.2, -0.15) is 11.3 Å². The first-order valence-electron chi connectivity index (χ1n) is 4.60. The van der Waals surface area contributed by atoms with Crippen LogP contribution in [-0.2, 0) is 6.42 Å². The summed E-state index contributed by atoms with van der Waals surface area (Å²) in [5.41, 5.74) is 0.790. The van der Waals surface area contributed by atoms with Crippen LogP contribution in [0.25, 0.3) is 0 Å². The average molecular weight is 197 g/mol. The van der Waals surface area contributed by atoms with Gasteiger partial charge in [0.15, 0.2) is 0 Å². The van der Waals surface area contributed by atoms with Gasteiger partial charge in [-0.3, -0.25) is 0 Å². The maximum Gasteiger partial charge on any atom is 0.0826 e. The first-order valence-corrected chi connectivity index (χ1v) is 5.54. The van der Waals surface area contributed by atoms with Crippen molar-refractivity contribution in [2.75, 3.05) is 20.1 Å². The molecule has 1 aromatic heterocycles. The molecule has 2 nitrogen and oxygen atoms in total. The highest BCUT2D eigenvalue weighted by Gasteiger charge is 2.34. The minimum Gasteiger partial charge on any atom is -0.388 e. The lowest BCUT2D eigenvalue weighted by Gasteiger charge is -2.21. The third-order valence-corrected chi connectivity index (χ3v) is 3.37. The molecular weight excluding hydrogens is 182 g/mol. The van der Waals surface area contributed by atoms with Crippen LogP contribution in [0, 0.1) is 0 Å². The van der Waals surface area contributed by atoms with Gasteiger partial charge in [0, 0.05) is 19.5 Å². The Labute approximate surface area is 82.8 Å². The van der Waals surface area contributed by atoms with E-state index in [1.165, 1.54) is 5.56 Å². The number of hydrogen-bond acceptors (Lipinski definition) is 3. The molecule has 0 aromatic carbocycles. The van der Waals surface area contributed by atoms with E-state index in [4.69, 9.17) is 0 Å². The van der Waals surface area contributed by atoms with Crippen LogP contribution in [0.1, 0.15) is 12.0 Å². The predicted molar refractivity (Wildman–Crippen MR) is 55.1 cm³/mol. The molecule has 1 aliphatic heterocycles. The number of likely N-dealkylation sites (N-methyl/N-ethyl adjacent to an activating group) is 1. The minimum atomic E-state index is -0.476. The first kappa shape index (κ1) is 9.19. The molecule has 0 radical (unpaired) electrons. The Kier molecular flexibility index (Phi) is 2.41. The van der Waals surface area contributed by atoms with Crippen LogP contribution in [0.3, 0.4) is 0 Å². The van der Waals surface area contributed by atoms with Crippen LogP contribution in [0.4, 0.5) is 0 Å². The Morgan fingerprint density at radius 1 is 1.69 bits per heavy atom. The fraction of sp³-hybridized carbons (Fsp3) is 0.600. The number of β-amino-alcohol motifs (C(OH)–C–C–N with tert-alkyl or cyclic N) is 1. The van der Waals surface area contributed by atoms with Gasteiger partial charge < -0.3 is 10.0 Å². The normalized spacial score (nSPS) is 29.7. The highest BCUT2D eigenvalue weighted by atomic mass is 32.1. The lowest BCUT2D eigenvalue weighted by molar-refractivity contribution is 0.0524. The van der Waals surface area contributed by atoms with Crippen LogP contribution in [0.5, 0.6) is 0 Å². The second kappa shape index (κ2) is 3.40. The first-order chi connectivity index (χ1) is 6.18. The van der Waals surface area contributed by atoms with Gasteiger partial charge in [0.2, 0.25) is 0 Å². The monoisotopic (exact) mass is 197 g/mol. The molecule has 1 N–H and O–H groups in total. The maximum absolute atomic E-state index is 10.2. The Bertz CT molecular complexity index is 272. The second-order valence-corrected chi connectivity index (χ2v) is 4.80. The van der Waals surface area contributed by atoms with Gasteiger partial charge in [0.1, 0.15) is 0 Å². The zero-order valence-corrected chi connectivity index (χ0v) is 8.68. The maximum atomic E-state index is 10.2. The molecule has 3 heteroatoms. The van der Waals surface area contributed by atoms with Crippen LogP contribution < -0.4 is 0 Å². The molecule has 1 atom stereocenters. The van der Waals surface area contributed by atoms with E-state index in [0.717, 1.165) is 25.9 Å². The topological polar surface area (TPSA) is 23.5 Å². The number of hydrogen-bond donors (Lipinski definition) is 1. The summed E-state index contributed by atoms with van der Waals surface area (Å²) in [7, 11) is 2.06. The molecule has 1 unspecified atom stereocenters. The SMILES string of the molecule is CN1CCC(O)(Cc2ccsc2)C1. The Balaban J connectivity index is 2.01. The molecule has 0 amide bonds. The molecule has 2 rings (SSSR count). The molecule has 1 aliphatic rings. The van der Waals surface area contributed by atoms with E-state index in [9.17, 15) is 5.11 Å². The lowest BCUT2D eigenvalue weighted by atomic mass is 9.95. The van der Waals surface area contributed by atoms with Crippen LogP contribution in [0.2, 0.25) is 0 Å². The third kappa shape index (κ3) is 2.10. The summed E-state index contributed by atoms with van der Waals surface area (Å²) < 4.78 is 0. The quantitative estimate of drug-likeness (QED) is 0.774. The molecule has 72 valence electrons. The van der Waals surface area contributed by atoms with Crippen molar-refractivity contribution >= 4 is 11.3 Å². The van der Waals surface area contributed by atoms with E-state index in [2.05, 4.69) is 28.8 Å². The molecule has 0 saturated carbocycles. The number of aliphatic hydroxyl groups is 1. The van der Waals surface area contributed by atoms with Crippen molar-refractivity contribution in [2.45, 2.75) is 18.4 Å². The van der Waals surface area contributed by atoms with E-state index in [1.807, 2.05) is 0 Å². The summed E-state index contributed by atoms with van der Waals surface area (Å²) in [6.45, 7) is 1.82. The van der Waals surface area contributed by atoms with Crippen LogP contribution in [-0.4, -0.2) is 35.7 Å².